The second-order valence-electron chi connectivity index (χ2n) is 7.72. The molecule has 0 radical (unpaired) electrons. The molecule has 152 valence electrons. The maximum absolute atomic E-state index is 13.3. The van der Waals surface area contributed by atoms with Crippen molar-refractivity contribution >= 4 is 17.5 Å². The maximum atomic E-state index is 13.3. The van der Waals surface area contributed by atoms with E-state index in [-0.39, 0.29) is 23.7 Å². The molecule has 2 saturated heterocycles. The number of likely N-dealkylation sites (tertiary alicyclic amines) is 1. The van der Waals surface area contributed by atoms with Crippen molar-refractivity contribution in [2.75, 3.05) is 31.1 Å². The number of benzene rings is 2. The average molecular weight is 395 g/mol. The zero-order valence-electron chi connectivity index (χ0n) is 16.4. The molecular weight excluding hydrogens is 369 g/mol. The third-order valence-electron chi connectivity index (χ3n) is 5.79. The first kappa shape index (κ1) is 19.6. The van der Waals surface area contributed by atoms with E-state index in [1.165, 1.54) is 12.1 Å². The maximum Gasteiger partial charge on any atom is 0.251 e. The number of hydrogen-bond acceptors (Lipinski definition) is 3. The lowest BCUT2D eigenvalue weighted by molar-refractivity contribution is -0.117. The Hall–Kier alpha value is -2.73. The van der Waals surface area contributed by atoms with E-state index < -0.39 is 0 Å². The highest BCUT2D eigenvalue weighted by Gasteiger charge is 2.25. The molecule has 1 N–H and O–H groups in total. The zero-order valence-corrected chi connectivity index (χ0v) is 16.4. The van der Waals surface area contributed by atoms with Crippen LogP contribution < -0.4 is 10.2 Å². The quantitative estimate of drug-likeness (QED) is 0.814. The highest BCUT2D eigenvalue weighted by Crippen LogP contribution is 2.26. The van der Waals surface area contributed by atoms with Crippen LogP contribution in [0.1, 0.15) is 47.6 Å². The SMILES string of the molecule is O=C(NC[C@H](c1ccc(F)cc1)N1CCCC1)c1cccc(N2CCCC2=O)c1. The molecule has 2 aliphatic heterocycles. The number of nitrogens with one attached hydrogen (secondary N) is 1. The van der Waals surface area contributed by atoms with Gasteiger partial charge in [-0.2, -0.15) is 0 Å². The first-order chi connectivity index (χ1) is 14.1. The van der Waals surface area contributed by atoms with Gasteiger partial charge >= 0.3 is 0 Å². The smallest absolute Gasteiger partial charge is 0.251 e. The van der Waals surface area contributed by atoms with Crippen molar-refractivity contribution in [1.29, 1.82) is 0 Å². The summed E-state index contributed by atoms with van der Waals surface area (Å²) in [6.07, 6.45) is 3.69. The Kier molecular flexibility index (Phi) is 5.90. The van der Waals surface area contributed by atoms with Crippen LogP contribution in [-0.2, 0) is 4.79 Å². The predicted octanol–water partition coefficient (Wildman–Crippen LogP) is 3.52. The highest BCUT2D eigenvalue weighted by atomic mass is 19.1. The molecule has 29 heavy (non-hydrogen) atoms. The van der Waals surface area contributed by atoms with E-state index in [9.17, 15) is 14.0 Å². The number of rotatable bonds is 6. The van der Waals surface area contributed by atoms with Gasteiger partial charge in [0.05, 0.1) is 6.04 Å². The van der Waals surface area contributed by atoms with Crippen LogP contribution in [0.4, 0.5) is 10.1 Å². The minimum atomic E-state index is -0.258. The van der Waals surface area contributed by atoms with Gasteiger partial charge in [0.1, 0.15) is 5.82 Å². The molecule has 0 bridgehead atoms. The van der Waals surface area contributed by atoms with Crippen molar-refractivity contribution in [2.24, 2.45) is 0 Å². The van der Waals surface area contributed by atoms with Crippen LogP contribution >= 0.6 is 0 Å². The molecule has 2 aromatic carbocycles. The summed E-state index contributed by atoms with van der Waals surface area (Å²) >= 11 is 0. The fourth-order valence-corrected chi connectivity index (χ4v) is 4.22. The Morgan fingerprint density at radius 3 is 2.48 bits per heavy atom. The summed E-state index contributed by atoms with van der Waals surface area (Å²) in [6.45, 7) is 3.11. The number of hydrogen-bond donors (Lipinski definition) is 1. The van der Waals surface area contributed by atoms with Crippen LogP contribution in [0.3, 0.4) is 0 Å². The largest absolute Gasteiger partial charge is 0.350 e. The van der Waals surface area contributed by atoms with Crippen LogP contribution in [0.15, 0.2) is 48.5 Å². The Morgan fingerprint density at radius 2 is 1.79 bits per heavy atom. The monoisotopic (exact) mass is 395 g/mol. The molecule has 1 atom stereocenters. The molecule has 2 aliphatic rings. The molecule has 4 rings (SSSR count). The van der Waals surface area contributed by atoms with Gasteiger partial charge in [-0.1, -0.05) is 18.2 Å². The van der Waals surface area contributed by atoms with E-state index in [4.69, 9.17) is 0 Å². The lowest BCUT2D eigenvalue weighted by Crippen LogP contribution is -2.36. The molecule has 2 fully saturated rings. The first-order valence-electron chi connectivity index (χ1n) is 10.3. The van der Waals surface area contributed by atoms with Gasteiger partial charge in [0.15, 0.2) is 0 Å². The van der Waals surface area contributed by atoms with E-state index in [0.717, 1.165) is 43.6 Å². The van der Waals surface area contributed by atoms with Crippen LogP contribution in [0, 0.1) is 5.82 Å². The van der Waals surface area contributed by atoms with Crippen LogP contribution in [0.2, 0.25) is 0 Å². The fourth-order valence-electron chi connectivity index (χ4n) is 4.22. The summed E-state index contributed by atoms with van der Waals surface area (Å²) in [5.74, 6) is -0.316. The predicted molar refractivity (Wildman–Crippen MR) is 110 cm³/mol. The summed E-state index contributed by atoms with van der Waals surface area (Å²) in [5.41, 5.74) is 2.32. The number of halogens is 1. The molecule has 5 nitrogen and oxygen atoms in total. The third kappa shape index (κ3) is 4.48. The van der Waals surface area contributed by atoms with Crippen LogP contribution in [-0.4, -0.2) is 42.9 Å². The number of anilines is 1. The Morgan fingerprint density at radius 1 is 1.03 bits per heavy atom. The Labute approximate surface area is 170 Å². The molecule has 0 aromatic heterocycles. The van der Waals surface area contributed by atoms with Crippen LogP contribution in [0.25, 0.3) is 0 Å². The van der Waals surface area contributed by atoms with Crippen molar-refractivity contribution in [3.63, 3.8) is 0 Å². The lowest BCUT2D eigenvalue weighted by Gasteiger charge is -2.28. The highest BCUT2D eigenvalue weighted by molar-refractivity contribution is 5.99. The summed E-state index contributed by atoms with van der Waals surface area (Å²) < 4.78 is 13.3. The van der Waals surface area contributed by atoms with Gasteiger partial charge in [-0.15, -0.1) is 0 Å². The minimum absolute atomic E-state index is 0.0189. The minimum Gasteiger partial charge on any atom is -0.350 e. The average Bonchev–Trinajstić information content (AvgIpc) is 3.41. The summed E-state index contributed by atoms with van der Waals surface area (Å²) in [4.78, 5) is 28.9. The number of nitrogens with zero attached hydrogens (tertiary/aromatic N) is 2. The number of carbonyl (C=O) groups is 2. The second kappa shape index (κ2) is 8.74. The zero-order chi connectivity index (χ0) is 20.2. The van der Waals surface area contributed by atoms with E-state index in [1.54, 1.807) is 29.2 Å². The fraction of sp³-hybridized carbons (Fsp3) is 0.391. The van der Waals surface area contributed by atoms with Gasteiger partial charge in [-0.05, 0) is 68.2 Å². The van der Waals surface area contributed by atoms with E-state index in [1.807, 2.05) is 12.1 Å². The second-order valence-corrected chi connectivity index (χ2v) is 7.72. The van der Waals surface area contributed by atoms with Gasteiger partial charge in [-0.3, -0.25) is 14.5 Å². The first-order valence-corrected chi connectivity index (χ1v) is 10.3. The Bertz CT molecular complexity index is 878. The number of carbonyl (C=O) groups excluding carboxylic acids is 2. The molecule has 2 heterocycles. The summed E-state index contributed by atoms with van der Waals surface area (Å²) in [7, 11) is 0. The van der Waals surface area contributed by atoms with Crippen molar-refractivity contribution in [1.82, 2.24) is 10.2 Å². The van der Waals surface area contributed by atoms with Gasteiger partial charge in [0, 0.05) is 30.8 Å². The standard InChI is InChI=1S/C23H26FN3O2/c24-19-10-8-17(9-11-19)21(26-12-1-2-13-26)16-25-23(29)18-5-3-6-20(15-18)27-14-4-7-22(27)28/h3,5-6,8-11,15,21H,1-2,4,7,12-14,16H2,(H,25,29)/t21-/m1/s1. The molecule has 0 aliphatic carbocycles. The van der Waals surface area contributed by atoms with Gasteiger partial charge < -0.3 is 10.2 Å². The van der Waals surface area contributed by atoms with E-state index in [2.05, 4.69) is 10.2 Å². The molecule has 0 saturated carbocycles. The summed E-state index contributed by atoms with van der Waals surface area (Å²) in [5, 5.41) is 3.04. The Balaban J connectivity index is 1.46. The van der Waals surface area contributed by atoms with Gasteiger partial charge in [-0.25, -0.2) is 4.39 Å². The van der Waals surface area contributed by atoms with Crippen molar-refractivity contribution in [2.45, 2.75) is 31.7 Å². The van der Waals surface area contributed by atoms with Gasteiger partial charge in [0.25, 0.3) is 5.91 Å². The third-order valence-corrected chi connectivity index (χ3v) is 5.79. The van der Waals surface area contributed by atoms with Crippen molar-refractivity contribution in [3.05, 3.63) is 65.5 Å². The normalized spacial score (nSPS) is 18.2. The molecular formula is C23H26FN3O2. The van der Waals surface area contributed by atoms with Crippen LogP contribution in [0.5, 0.6) is 0 Å². The van der Waals surface area contributed by atoms with E-state index in [0.29, 0.717) is 25.1 Å². The molecule has 6 heteroatoms. The summed E-state index contributed by atoms with van der Waals surface area (Å²) in [6, 6.07) is 13.8. The van der Waals surface area contributed by atoms with Gasteiger partial charge in [0.2, 0.25) is 5.91 Å². The molecule has 0 spiro atoms. The molecule has 2 amide bonds. The molecule has 0 unspecified atom stereocenters. The lowest BCUT2D eigenvalue weighted by atomic mass is 10.0. The van der Waals surface area contributed by atoms with Crippen molar-refractivity contribution in [3.8, 4) is 0 Å². The number of amides is 2. The topological polar surface area (TPSA) is 52.7 Å². The van der Waals surface area contributed by atoms with Crippen molar-refractivity contribution < 1.29 is 14.0 Å². The molecule has 2 aromatic rings. The van der Waals surface area contributed by atoms with E-state index >= 15 is 0 Å².